The van der Waals surface area contributed by atoms with Crippen LogP contribution in [0.15, 0.2) is 48.9 Å². The van der Waals surface area contributed by atoms with Crippen molar-refractivity contribution in [3.05, 3.63) is 58.2 Å². The van der Waals surface area contributed by atoms with E-state index in [-0.39, 0.29) is 0 Å². The van der Waals surface area contributed by atoms with E-state index in [1.54, 1.807) is 6.20 Å². The summed E-state index contributed by atoms with van der Waals surface area (Å²) in [6.07, 6.45) is 5.80. The molecule has 2 aromatic heterocycles. The number of fused-ring (bicyclic) bond motifs is 1. The van der Waals surface area contributed by atoms with Gasteiger partial charge in [-0.25, -0.2) is 9.38 Å². The Hall–Kier alpha value is -1.63. The molecule has 0 fully saturated rings. The standard InChI is InChI=1S/C13H11IN4/c14-10-2-4-11(5-3-10)16-8-12-9-18-7-1-6-15-13(18)17-12/h1-7,9,16H,8H2/p+1. The summed E-state index contributed by atoms with van der Waals surface area (Å²) in [5.41, 5.74) is 2.22. The third-order valence-corrected chi connectivity index (χ3v) is 3.39. The Morgan fingerprint density at radius 1 is 1.28 bits per heavy atom. The Kier molecular flexibility index (Phi) is 3.14. The molecule has 0 unspecified atom stereocenters. The Balaban J connectivity index is 1.74. The van der Waals surface area contributed by atoms with Crippen LogP contribution in [0.2, 0.25) is 0 Å². The van der Waals surface area contributed by atoms with Crippen molar-refractivity contribution in [3.8, 4) is 0 Å². The smallest absolute Gasteiger partial charge is 0.378 e. The molecule has 0 bridgehead atoms. The van der Waals surface area contributed by atoms with Gasteiger partial charge in [-0.05, 0) is 46.9 Å². The average molecular weight is 351 g/mol. The lowest BCUT2D eigenvalue weighted by Gasteiger charge is -2.02. The molecular formula is C13H12IN4+. The molecule has 2 N–H and O–H groups in total. The average Bonchev–Trinajstić information content (AvgIpc) is 2.81. The van der Waals surface area contributed by atoms with Gasteiger partial charge in [-0.2, -0.15) is 0 Å². The number of nitrogens with one attached hydrogen (secondary N) is 2. The first kappa shape index (κ1) is 11.5. The minimum Gasteiger partial charge on any atom is -0.378 e. The molecule has 3 rings (SSSR count). The predicted octanol–water partition coefficient (Wildman–Crippen LogP) is 2.37. The quantitative estimate of drug-likeness (QED) is 0.562. The van der Waals surface area contributed by atoms with Crippen LogP contribution in [-0.4, -0.2) is 9.97 Å². The molecule has 0 saturated heterocycles. The van der Waals surface area contributed by atoms with Crippen molar-refractivity contribution in [3.63, 3.8) is 0 Å². The van der Waals surface area contributed by atoms with Crippen molar-refractivity contribution in [2.45, 2.75) is 6.54 Å². The first-order valence-electron chi connectivity index (χ1n) is 5.64. The fraction of sp³-hybridized carbons (Fsp3) is 0.0769. The molecule has 0 amide bonds. The molecule has 5 heteroatoms. The number of rotatable bonds is 3. The molecule has 3 aromatic rings. The maximum atomic E-state index is 4.25. The number of aromatic nitrogens is 3. The second-order valence-electron chi connectivity index (χ2n) is 3.99. The second kappa shape index (κ2) is 4.93. The van der Waals surface area contributed by atoms with Crippen molar-refractivity contribution in [2.75, 3.05) is 5.32 Å². The number of imidazole rings is 1. The first-order valence-corrected chi connectivity index (χ1v) is 6.72. The van der Waals surface area contributed by atoms with Gasteiger partial charge in [-0.15, -0.1) is 0 Å². The molecule has 0 spiro atoms. The van der Waals surface area contributed by atoms with Crippen LogP contribution >= 0.6 is 22.6 Å². The van der Waals surface area contributed by atoms with Crippen molar-refractivity contribution in [1.82, 2.24) is 9.97 Å². The molecule has 1 aromatic carbocycles. The number of benzene rings is 1. The van der Waals surface area contributed by atoms with E-state index < -0.39 is 0 Å². The summed E-state index contributed by atoms with van der Waals surface area (Å²) in [6.45, 7) is 0.754. The van der Waals surface area contributed by atoms with E-state index in [1.165, 1.54) is 3.57 Å². The number of halogens is 1. The molecule has 0 aliphatic rings. The van der Waals surface area contributed by atoms with Gasteiger partial charge in [-0.1, -0.05) is 4.98 Å². The molecule has 0 aliphatic carbocycles. The second-order valence-corrected chi connectivity index (χ2v) is 5.24. The summed E-state index contributed by atoms with van der Waals surface area (Å²) in [4.78, 5) is 7.51. The van der Waals surface area contributed by atoms with Crippen LogP contribution in [0.25, 0.3) is 5.78 Å². The highest BCUT2D eigenvalue weighted by Crippen LogP contribution is 2.11. The van der Waals surface area contributed by atoms with E-state index in [4.69, 9.17) is 0 Å². The first-order chi connectivity index (χ1) is 8.81. The molecule has 0 aliphatic heterocycles. The highest BCUT2D eigenvalue weighted by Gasteiger charge is 2.07. The van der Waals surface area contributed by atoms with Crippen LogP contribution in [0.1, 0.15) is 5.69 Å². The van der Waals surface area contributed by atoms with Crippen molar-refractivity contribution in [2.24, 2.45) is 0 Å². The number of nitrogens with zero attached hydrogens (tertiary/aromatic N) is 2. The summed E-state index contributed by atoms with van der Waals surface area (Å²) < 4.78 is 3.22. The van der Waals surface area contributed by atoms with E-state index in [2.05, 4.69) is 62.1 Å². The van der Waals surface area contributed by atoms with Gasteiger partial charge in [0.2, 0.25) is 0 Å². The lowest BCUT2D eigenvalue weighted by molar-refractivity contribution is -0.512. The topological polar surface area (TPSA) is 44.8 Å². The molecule has 0 saturated carbocycles. The van der Waals surface area contributed by atoms with E-state index in [1.807, 2.05) is 22.9 Å². The SMILES string of the molecule is Ic1ccc(NCc2c[n+]3cccnc3[nH]2)cc1. The zero-order valence-corrected chi connectivity index (χ0v) is 11.8. The fourth-order valence-electron chi connectivity index (χ4n) is 1.78. The van der Waals surface area contributed by atoms with Gasteiger partial charge in [0, 0.05) is 15.3 Å². The van der Waals surface area contributed by atoms with Gasteiger partial charge in [0.05, 0.1) is 12.7 Å². The van der Waals surface area contributed by atoms with Gasteiger partial charge in [0.1, 0.15) is 18.1 Å². The van der Waals surface area contributed by atoms with Crippen LogP contribution in [0.5, 0.6) is 0 Å². The van der Waals surface area contributed by atoms with Crippen LogP contribution in [0, 0.1) is 3.57 Å². The lowest BCUT2D eigenvalue weighted by atomic mass is 10.3. The van der Waals surface area contributed by atoms with E-state index in [0.29, 0.717) is 0 Å². The summed E-state index contributed by atoms with van der Waals surface area (Å²) in [6, 6.07) is 10.2. The van der Waals surface area contributed by atoms with Gasteiger partial charge in [0.15, 0.2) is 0 Å². The summed E-state index contributed by atoms with van der Waals surface area (Å²) >= 11 is 2.30. The molecule has 90 valence electrons. The van der Waals surface area contributed by atoms with Gasteiger partial charge >= 0.3 is 5.78 Å². The Morgan fingerprint density at radius 3 is 2.89 bits per heavy atom. The fourth-order valence-corrected chi connectivity index (χ4v) is 2.14. The zero-order chi connectivity index (χ0) is 12.4. The Morgan fingerprint density at radius 2 is 2.11 bits per heavy atom. The lowest BCUT2D eigenvalue weighted by Crippen LogP contribution is -2.17. The minimum atomic E-state index is 0.754. The molecule has 0 atom stereocenters. The zero-order valence-electron chi connectivity index (χ0n) is 9.60. The van der Waals surface area contributed by atoms with E-state index in [9.17, 15) is 0 Å². The molecule has 0 radical (unpaired) electrons. The molecular weight excluding hydrogens is 339 g/mol. The normalized spacial score (nSPS) is 10.7. The van der Waals surface area contributed by atoms with Gasteiger partial charge in [0.25, 0.3) is 0 Å². The number of H-pyrrole nitrogens is 1. The minimum absolute atomic E-state index is 0.754. The summed E-state index contributed by atoms with van der Waals surface area (Å²) in [5.74, 6) is 0.858. The number of aromatic amines is 1. The van der Waals surface area contributed by atoms with Crippen LogP contribution < -0.4 is 9.72 Å². The maximum absolute atomic E-state index is 4.25. The highest BCUT2D eigenvalue weighted by atomic mass is 127. The Labute approximate surface area is 118 Å². The third-order valence-electron chi connectivity index (χ3n) is 2.67. The van der Waals surface area contributed by atoms with Crippen LogP contribution in [-0.2, 0) is 6.54 Å². The predicted molar refractivity (Wildman–Crippen MR) is 78.2 cm³/mol. The van der Waals surface area contributed by atoms with Crippen molar-refractivity contribution < 1.29 is 4.40 Å². The highest BCUT2D eigenvalue weighted by molar-refractivity contribution is 14.1. The third kappa shape index (κ3) is 2.45. The Bertz CT molecular complexity index is 627. The van der Waals surface area contributed by atoms with Crippen LogP contribution in [0.4, 0.5) is 5.69 Å². The maximum Gasteiger partial charge on any atom is 0.400 e. The number of hydrogen-bond acceptors (Lipinski definition) is 2. The molecule has 2 heterocycles. The van der Waals surface area contributed by atoms with Crippen molar-refractivity contribution >= 4 is 34.1 Å². The largest absolute Gasteiger partial charge is 0.400 e. The molecule has 18 heavy (non-hydrogen) atoms. The van der Waals surface area contributed by atoms with Crippen LogP contribution in [0.3, 0.4) is 0 Å². The monoisotopic (exact) mass is 351 g/mol. The summed E-state index contributed by atoms with van der Waals surface area (Å²) in [7, 11) is 0. The van der Waals surface area contributed by atoms with Gasteiger partial charge < -0.3 is 5.32 Å². The molecule has 4 nitrogen and oxygen atoms in total. The van der Waals surface area contributed by atoms with E-state index in [0.717, 1.165) is 23.7 Å². The summed E-state index contributed by atoms with van der Waals surface area (Å²) in [5, 5.41) is 3.37. The number of hydrogen-bond donors (Lipinski definition) is 2. The van der Waals surface area contributed by atoms with Crippen molar-refractivity contribution in [1.29, 1.82) is 0 Å². The van der Waals surface area contributed by atoms with E-state index >= 15 is 0 Å². The number of anilines is 1. The van der Waals surface area contributed by atoms with Gasteiger partial charge in [-0.3, -0.25) is 0 Å².